The van der Waals surface area contributed by atoms with Crippen molar-refractivity contribution in [3.63, 3.8) is 0 Å². The standard InChI is InChI=1S/C10H18N6O2/c1-7(2)4-3-5-12-9-8(16(17)18)6-13-10(14-9)15-11/h6-7H,3-5,11H2,1-2H3,(H2,12,13,14,15). The fourth-order valence-corrected chi connectivity index (χ4v) is 1.43. The quantitative estimate of drug-likeness (QED) is 0.292. The van der Waals surface area contributed by atoms with Gasteiger partial charge in [0.15, 0.2) is 0 Å². The summed E-state index contributed by atoms with van der Waals surface area (Å²) in [6, 6.07) is 0. The topological polar surface area (TPSA) is 119 Å². The highest BCUT2D eigenvalue weighted by Gasteiger charge is 2.16. The van der Waals surface area contributed by atoms with Crippen LogP contribution in [-0.2, 0) is 0 Å². The fraction of sp³-hybridized carbons (Fsp3) is 0.600. The van der Waals surface area contributed by atoms with Gasteiger partial charge in [-0.25, -0.2) is 10.8 Å². The van der Waals surface area contributed by atoms with Gasteiger partial charge >= 0.3 is 5.69 Å². The fourth-order valence-electron chi connectivity index (χ4n) is 1.43. The molecule has 0 fully saturated rings. The molecule has 1 aromatic rings. The lowest BCUT2D eigenvalue weighted by atomic mass is 10.1. The molecule has 0 saturated heterocycles. The summed E-state index contributed by atoms with van der Waals surface area (Å²) in [5, 5.41) is 13.7. The van der Waals surface area contributed by atoms with E-state index in [9.17, 15) is 10.1 Å². The van der Waals surface area contributed by atoms with Crippen LogP contribution in [0.1, 0.15) is 26.7 Å². The van der Waals surface area contributed by atoms with Crippen molar-refractivity contribution >= 4 is 17.5 Å². The number of hydrazine groups is 1. The van der Waals surface area contributed by atoms with Gasteiger partial charge in [0.25, 0.3) is 0 Å². The summed E-state index contributed by atoms with van der Waals surface area (Å²) in [5.41, 5.74) is 2.10. The van der Waals surface area contributed by atoms with Gasteiger partial charge in [-0.1, -0.05) is 13.8 Å². The van der Waals surface area contributed by atoms with Crippen LogP contribution in [-0.4, -0.2) is 21.4 Å². The average molecular weight is 254 g/mol. The number of nitrogens with two attached hydrogens (primary N) is 1. The molecule has 8 heteroatoms. The van der Waals surface area contributed by atoms with E-state index < -0.39 is 4.92 Å². The number of anilines is 2. The Bertz CT molecular complexity index is 409. The van der Waals surface area contributed by atoms with Gasteiger partial charge in [-0.3, -0.25) is 15.5 Å². The molecule has 0 aliphatic rings. The third-order valence-electron chi connectivity index (χ3n) is 2.35. The van der Waals surface area contributed by atoms with E-state index in [0.29, 0.717) is 12.5 Å². The minimum absolute atomic E-state index is 0.145. The van der Waals surface area contributed by atoms with E-state index in [2.05, 4.69) is 34.6 Å². The summed E-state index contributed by atoms with van der Waals surface area (Å²) < 4.78 is 0. The Balaban J connectivity index is 2.69. The minimum Gasteiger partial charge on any atom is -0.364 e. The first-order chi connectivity index (χ1) is 8.54. The lowest BCUT2D eigenvalue weighted by molar-refractivity contribution is -0.384. The van der Waals surface area contributed by atoms with Crippen molar-refractivity contribution in [1.29, 1.82) is 0 Å². The van der Waals surface area contributed by atoms with Gasteiger partial charge in [0.1, 0.15) is 6.20 Å². The van der Waals surface area contributed by atoms with E-state index in [1.807, 2.05) is 0 Å². The number of nitrogen functional groups attached to an aromatic ring is 1. The Morgan fingerprint density at radius 2 is 2.28 bits per heavy atom. The van der Waals surface area contributed by atoms with E-state index in [1.165, 1.54) is 0 Å². The van der Waals surface area contributed by atoms with Crippen molar-refractivity contribution in [3.8, 4) is 0 Å². The maximum absolute atomic E-state index is 10.8. The van der Waals surface area contributed by atoms with E-state index in [-0.39, 0.29) is 17.5 Å². The molecule has 1 aromatic heterocycles. The molecule has 100 valence electrons. The largest absolute Gasteiger partial charge is 0.364 e. The first kappa shape index (κ1) is 14.1. The van der Waals surface area contributed by atoms with Crippen LogP contribution in [0.2, 0.25) is 0 Å². The zero-order chi connectivity index (χ0) is 13.5. The summed E-state index contributed by atoms with van der Waals surface area (Å²) in [6.07, 6.45) is 3.10. The average Bonchev–Trinajstić information content (AvgIpc) is 2.33. The first-order valence-electron chi connectivity index (χ1n) is 5.76. The highest BCUT2D eigenvalue weighted by molar-refractivity contribution is 5.56. The highest BCUT2D eigenvalue weighted by atomic mass is 16.6. The molecule has 0 spiro atoms. The van der Waals surface area contributed by atoms with E-state index in [0.717, 1.165) is 19.0 Å². The predicted octanol–water partition coefficient (Wildman–Crippen LogP) is 1.52. The maximum Gasteiger partial charge on any atom is 0.329 e. The summed E-state index contributed by atoms with van der Waals surface area (Å²) in [6.45, 7) is 4.88. The molecule has 0 unspecified atom stereocenters. The molecule has 8 nitrogen and oxygen atoms in total. The molecule has 0 bridgehead atoms. The second kappa shape index (κ2) is 6.70. The van der Waals surface area contributed by atoms with Gasteiger partial charge in [-0.15, -0.1) is 0 Å². The smallest absolute Gasteiger partial charge is 0.329 e. The van der Waals surface area contributed by atoms with Crippen LogP contribution in [0.5, 0.6) is 0 Å². The van der Waals surface area contributed by atoms with Gasteiger partial charge in [-0.2, -0.15) is 4.98 Å². The third kappa shape index (κ3) is 4.13. The molecule has 0 aliphatic carbocycles. The van der Waals surface area contributed by atoms with Crippen molar-refractivity contribution in [3.05, 3.63) is 16.3 Å². The molecule has 0 saturated carbocycles. The second-order valence-corrected chi connectivity index (χ2v) is 4.29. The molecule has 18 heavy (non-hydrogen) atoms. The normalized spacial score (nSPS) is 10.4. The molecular formula is C10H18N6O2. The van der Waals surface area contributed by atoms with Gasteiger partial charge in [0.2, 0.25) is 11.8 Å². The minimum atomic E-state index is -0.523. The van der Waals surface area contributed by atoms with Crippen LogP contribution in [0.3, 0.4) is 0 Å². The third-order valence-corrected chi connectivity index (χ3v) is 2.35. The number of hydrogen-bond acceptors (Lipinski definition) is 7. The SMILES string of the molecule is CC(C)CCCNc1nc(NN)ncc1[N+](=O)[O-]. The number of nitro groups is 1. The Hall–Kier alpha value is -1.96. The lowest BCUT2D eigenvalue weighted by Crippen LogP contribution is -2.13. The van der Waals surface area contributed by atoms with Crippen LogP contribution < -0.4 is 16.6 Å². The Morgan fingerprint density at radius 1 is 1.56 bits per heavy atom. The van der Waals surface area contributed by atoms with Crippen molar-refractivity contribution in [2.24, 2.45) is 11.8 Å². The molecule has 0 atom stereocenters. The van der Waals surface area contributed by atoms with Crippen molar-refractivity contribution < 1.29 is 4.92 Å². The monoisotopic (exact) mass is 254 g/mol. The molecule has 4 N–H and O–H groups in total. The van der Waals surface area contributed by atoms with Gasteiger partial charge in [0, 0.05) is 6.54 Å². The zero-order valence-electron chi connectivity index (χ0n) is 10.5. The number of rotatable bonds is 7. The molecule has 0 radical (unpaired) electrons. The summed E-state index contributed by atoms with van der Waals surface area (Å²) in [4.78, 5) is 17.9. The van der Waals surface area contributed by atoms with Gasteiger partial charge < -0.3 is 5.32 Å². The molecule has 0 amide bonds. The number of nitrogens with zero attached hydrogens (tertiary/aromatic N) is 3. The van der Waals surface area contributed by atoms with Gasteiger partial charge in [-0.05, 0) is 18.8 Å². The van der Waals surface area contributed by atoms with Crippen molar-refractivity contribution in [2.75, 3.05) is 17.3 Å². The molecule has 0 aliphatic heterocycles. The van der Waals surface area contributed by atoms with Crippen LogP contribution >= 0.6 is 0 Å². The number of nitrogens with one attached hydrogen (secondary N) is 2. The van der Waals surface area contributed by atoms with Crippen LogP contribution in [0.15, 0.2) is 6.20 Å². The zero-order valence-corrected chi connectivity index (χ0v) is 10.5. The maximum atomic E-state index is 10.8. The summed E-state index contributed by atoms with van der Waals surface area (Å²) in [7, 11) is 0. The van der Waals surface area contributed by atoms with Crippen molar-refractivity contribution in [2.45, 2.75) is 26.7 Å². The Morgan fingerprint density at radius 3 is 2.83 bits per heavy atom. The van der Waals surface area contributed by atoms with E-state index >= 15 is 0 Å². The molecule has 1 rings (SSSR count). The van der Waals surface area contributed by atoms with Crippen LogP contribution in [0.25, 0.3) is 0 Å². The van der Waals surface area contributed by atoms with Crippen LogP contribution in [0, 0.1) is 16.0 Å². The van der Waals surface area contributed by atoms with Crippen molar-refractivity contribution in [1.82, 2.24) is 9.97 Å². The number of aromatic nitrogens is 2. The number of hydrogen-bond donors (Lipinski definition) is 3. The first-order valence-corrected chi connectivity index (χ1v) is 5.76. The predicted molar refractivity (Wildman–Crippen MR) is 69.1 cm³/mol. The Labute approximate surface area is 105 Å². The molecule has 0 aromatic carbocycles. The van der Waals surface area contributed by atoms with E-state index in [1.54, 1.807) is 0 Å². The van der Waals surface area contributed by atoms with Crippen LogP contribution in [0.4, 0.5) is 17.5 Å². The molecular weight excluding hydrogens is 236 g/mol. The van der Waals surface area contributed by atoms with E-state index in [4.69, 9.17) is 5.84 Å². The summed E-state index contributed by atoms with van der Waals surface area (Å²) >= 11 is 0. The lowest BCUT2D eigenvalue weighted by Gasteiger charge is -2.08. The summed E-state index contributed by atoms with van der Waals surface area (Å²) in [5.74, 6) is 6.10. The Kier molecular flexibility index (Phi) is 5.25. The second-order valence-electron chi connectivity index (χ2n) is 4.29. The molecule has 1 heterocycles. The van der Waals surface area contributed by atoms with Gasteiger partial charge in [0.05, 0.1) is 4.92 Å². The highest BCUT2D eigenvalue weighted by Crippen LogP contribution is 2.21.